The first-order chi connectivity index (χ1) is 13.1. The first-order valence-electron chi connectivity index (χ1n) is 9.27. The third-order valence-electron chi connectivity index (χ3n) is 5.40. The first-order valence-corrected chi connectivity index (χ1v) is 9.27. The quantitative estimate of drug-likeness (QED) is 0.586. The number of hydrogen-bond acceptors (Lipinski definition) is 4. The smallest absolute Gasteiger partial charge is 0.226 e. The van der Waals surface area contributed by atoms with Crippen LogP contribution in [0.25, 0.3) is 5.65 Å². The lowest BCUT2D eigenvalue weighted by Crippen LogP contribution is -2.61. The van der Waals surface area contributed by atoms with Crippen LogP contribution in [0.15, 0.2) is 54.9 Å². The van der Waals surface area contributed by atoms with E-state index >= 15 is 0 Å². The van der Waals surface area contributed by atoms with Crippen molar-refractivity contribution in [3.63, 3.8) is 0 Å². The number of rotatable bonds is 4. The lowest BCUT2D eigenvalue weighted by Gasteiger charge is -2.43. The van der Waals surface area contributed by atoms with Gasteiger partial charge >= 0.3 is 0 Å². The molecule has 6 nitrogen and oxygen atoms in total. The SMILES string of the molecule is Cc1cccn2c(CC(=O)N[C@]3(c4ccccc4)CCNC[C@H]3O)cnc12.Cl.Cl. The highest BCUT2D eigenvalue weighted by molar-refractivity contribution is 5.85. The molecule has 0 aliphatic carbocycles. The molecular weight excluding hydrogens is 411 g/mol. The van der Waals surface area contributed by atoms with Gasteiger partial charge in [0.1, 0.15) is 5.65 Å². The number of halogens is 2. The molecule has 2 aromatic heterocycles. The second-order valence-electron chi connectivity index (χ2n) is 7.17. The molecule has 29 heavy (non-hydrogen) atoms. The minimum absolute atomic E-state index is 0. The van der Waals surface area contributed by atoms with Crippen LogP contribution in [0.5, 0.6) is 0 Å². The van der Waals surface area contributed by atoms with E-state index in [-0.39, 0.29) is 37.1 Å². The molecule has 3 heterocycles. The summed E-state index contributed by atoms with van der Waals surface area (Å²) in [7, 11) is 0. The van der Waals surface area contributed by atoms with Crippen LogP contribution in [-0.4, -0.2) is 39.6 Å². The molecule has 156 valence electrons. The molecule has 1 saturated heterocycles. The predicted molar refractivity (Wildman–Crippen MR) is 118 cm³/mol. The molecular formula is C21H26Cl2N4O2. The van der Waals surface area contributed by atoms with Gasteiger partial charge in [-0.2, -0.15) is 0 Å². The number of nitrogens with zero attached hydrogens (tertiary/aromatic N) is 2. The standard InChI is InChI=1S/C21H24N4O2.2ClH/c1-15-6-5-11-25-17(13-23-20(15)25)12-19(27)24-21(9-10-22-14-18(21)26)16-7-3-2-4-8-16;;/h2-8,11,13,18,22,26H,9-10,12,14H2,1H3,(H,24,27);2*1H/t18-,21+;;/m1../s1. The van der Waals surface area contributed by atoms with Crippen molar-refractivity contribution in [1.82, 2.24) is 20.0 Å². The molecule has 2 atom stereocenters. The zero-order chi connectivity index (χ0) is 18.9. The number of fused-ring (bicyclic) bond motifs is 1. The summed E-state index contributed by atoms with van der Waals surface area (Å²) in [4.78, 5) is 17.4. The Bertz CT molecular complexity index is 964. The van der Waals surface area contributed by atoms with E-state index in [1.807, 2.05) is 60.0 Å². The highest BCUT2D eigenvalue weighted by atomic mass is 35.5. The van der Waals surface area contributed by atoms with Crippen LogP contribution in [-0.2, 0) is 16.8 Å². The molecule has 1 fully saturated rings. The van der Waals surface area contributed by atoms with Crippen molar-refractivity contribution in [2.75, 3.05) is 13.1 Å². The number of aryl methyl sites for hydroxylation is 1. The Kier molecular flexibility index (Phi) is 7.66. The monoisotopic (exact) mass is 436 g/mol. The average molecular weight is 437 g/mol. The van der Waals surface area contributed by atoms with Crippen molar-refractivity contribution in [1.29, 1.82) is 0 Å². The van der Waals surface area contributed by atoms with Gasteiger partial charge in [-0.3, -0.25) is 4.79 Å². The van der Waals surface area contributed by atoms with Crippen molar-refractivity contribution >= 4 is 36.4 Å². The van der Waals surface area contributed by atoms with E-state index in [1.165, 1.54) is 0 Å². The van der Waals surface area contributed by atoms with Crippen molar-refractivity contribution in [3.8, 4) is 0 Å². The predicted octanol–water partition coefficient (Wildman–Crippen LogP) is 2.39. The lowest BCUT2D eigenvalue weighted by atomic mass is 9.79. The molecule has 0 bridgehead atoms. The number of aliphatic hydroxyl groups excluding tert-OH is 1. The summed E-state index contributed by atoms with van der Waals surface area (Å²) in [6.07, 6.45) is 3.82. The van der Waals surface area contributed by atoms with E-state index in [4.69, 9.17) is 0 Å². The van der Waals surface area contributed by atoms with Crippen molar-refractivity contribution < 1.29 is 9.90 Å². The Labute approximate surface area is 182 Å². The van der Waals surface area contributed by atoms with Gasteiger partial charge < -0.3 is 20.1 Å². The molecule has 3 aromatic rings. The third kappa shape index (κ3) is 4.41. The summed E-state index contributed by atoms with van der Waals surface area (Å²) in [5, 5.41) is 17.1. The van der Waals surface area contributed by atoms with Crippen LogP contribution in [0.4, 0.5) is 0 Å². The van der Waals surface area contributed by atoms with Crippen LogP contribution < -0.4 is 10.6 Å². The number of nitrogens with one attached hydrogen (secondary N) is 2. The number of carbonyl (C=O) groups excluding carboxylic acids is 1. The number of carbonyl (C=O) groups is 1. The number of β-amino-alcohol motifs (C(OH)–C–C–N with tert-alkyl or cyclic N) is 1. The van der Waals surface area contributed by atoms with Gasteiger partial charge in [0.05, 0.1) is 23.8 Å². The number of hydrogen-bond donors (Lipinski definition) is 3. The molecule has 0 radical (unpaired) electrons. The van der Waals surface area contributed by atoms with Crippen molar-refractivity contribution in [2.45, 2.75) is 31.4 Å². The van der Waals surface area contributed by atoms with Crippen LogP contribution in [0.3, 0.4) is 0 Å². The second kappa shape index (κ2) is 9.59. The molecule has 1 aliphatic heterocycles. The average Bonchev–Trinajstić information content (AvgIpc) is 3.08. The van der Waals surface area contributed by atoms with E-state index in [2.05, 4.69) is 15.6 Å². The summed E-state index contributed by atoms with van der Waals surface area (Å²) in [6, 6.07) is 13.7. The van der Waals surface area contributed by atoms with Crippen LogP contribution >= 0.6 is 24.8 Å². The minimum Gasteiger partial charge on any atom is -0.389 e. The number of pyridine rings is 1. The van der Waals surface area contributed by atoms with Crippen molar-refractivity contribution in [2.24, 2.45) is 0 Å². The maximum atomic E-state index is 12.9. The van der Waals surface area contributed by atoms with Crippen LogP contribution in [0.2, 0.25) is 0 Å². The third-order valence-corrected chi connectivity index (χ3v) is 5.40. The van der Waals surface area contributed by atoms with Gasteiger partial charge in [0.15, 0.2) is 0 Å². The second-order valence-corrected chi connectivity index (χ2v) is 7.17. The molecule has 1 amide bonds. The number of aliphatic hydroxyl groups is 1. The number of amides is 1. The summed E-state index contributed by atoms with van der Waals surface area (Å²) in [5.74, 6) is -0.122. The summed E-state index contributed by atoms with van der Waals surface area (Å²) in [6.45, 7) is 3.19. The molecule has 4 rings (SSSR count). The van der Waals surface area contributed by atoms with E-state index in [1.54, 1.807) is 6.20 Å². The Morgan fingerprint density at radius 2 is 2.03 bits per heavy atom. The Balaban J connectivity index is 0.00000150. The molecule has 8 heteroatoms. The Morgan fingerprint density at radius 3 is 2.76 bits per heavy atom. The van der Waals surface area contributed by atoms with Gasteiger partial charge in [-0.05, 0) is 37.1 Å². The van der Waals surface area contributed by atoms with Gasteiger partial charge in [0.25, 0.3) is 0 Å². The molecule has 1 aromatic carbocycles. The fraction of sp³-hybridized carbons (Fsp3) is 0.333. The zero-order valence-corrected chi connectivity index (χ0v) is 17.8. The van der Waals surface area contributed by atoms with Gasteiger partial charge in [0, 0.05) is 18.9 Å². The molecule has 0 unspecified atom stereocenters. The largest absolute Gasteiger partial charge is 0.389 e. The Hall–Kier alpha value is -2.12. The van der Waals surface area contributed by atoms with E-state index < -0.39 is 11.6 Å². The number of imidazole rings is 1. The van der Waals surface area contributed by atoms with Gasteiger partial charge in [0.2, 0.25) is 5.91 Å². The normalized spacial score (nSPS) is 21.1. The molecule has 1 aliphatic rings. The minimum atomic E-state index is -0.778. The maximum Gasteiger partial charge on any atom is 0.226 e. The van der Waals surface area contributed by atoms with E-state index in [0.29, 0.717) is 13.0 Å². The van der Waals surface area contributed by atoms with Gasteiger partial charge in [-0.1, -0.05) is 36.4 Å². The van der Waals surface area contributed by atoms with Gasteiger partial charge in [-0.25, -0.2) is 4.98 Å². The first kappa shape index (κ1) is 23.2. The fourth-order valence-electron chi connectivity index (χ4n) is 3.95. The summed E-state index contributed by atoms with van der Waals surface area (Å²) < 4.78 is 1.95. The summed E-state index contributed by atoms with van der Waals surface area (Å²) >= 11 is 0. The van der Waals surface area contributed by atoms with Crippen molar-refractivity contribution in [3.05, 3.63) is 71.7 Å². The highest BCUT2D eigenvalue weighted by Crippen LogP contribution is 2.31. The fourth-order valence-corrected chi connectivity index (χ4v) is 3.95. The van der Waals surface area contributed by atoms with E-state index in [9.17, 15) is 9.90 Å². The number of benzene rings is 1. The number of aromatic nitrogens is 2. The Morgan fingerprint density at radius 1 is 1.28 bits per heavy atom. The maximum absolute atomic E-state index is 12.9. The highest BCUT2D eigenvalue weighted by Gasteiger charge is 2.42. The summed E-state index contributed by atoms with van der Waals surface area (Å²) in [5.41, 5.74) is 2.91. The topological polar surface area (TPSA) is 78.7 Å². The van der Waals surface area contributed by atoms with Crippen LogP contribution in [0, 0.1) is 6.92 Å². The molecule has 3 N–H and O–H groups in total. The lowest BCUT2D eigenvalue weighted by molar-refractivity contribution is -0.125. The molecule has 0 spiro atoms. The van der Waals surface area contributed by atoms with Gasteiger partial charge in [-0.15, -0.1) is 24.8 Å². The van der Waals surface area contributed by atoms with Crippen LogP contribution in [0.1, 0.15) is 23.2 Å². The van der Waals surface area contributed by atoms with E-state index in [0.717, 1.165) is 29.0 Å². The zero-order valence-electron chi connectivity index (χ0n) is 16.2. The number of piperidine rings is 1. The molecule has 0 saturated carbocycles.